The number of benzene rings is 1. The van der Waals surface area contributed by atoms with E-state index in [1.807, 2.05) is 12.1 Å². The molecule has 6 nitrogen and oxygen atoms in total. The Labute approximate surface area is 134 Å². The van der Waals surface area contributed by atoms with Crippen molar-refractivity contribution < 1.29 is 9.59 Å². The minimum absolute atomic E-state index is 0.0288. The quantitative estimate of drug-likeness (QED) is 0.879. The summed E-state index contributed by atoms with van der Waals surface area (Å²) in [4.78, 5) is 25.2. The van der Waals surface area contributed by atoms with E-state index in [1.54, 1.807) is 29.2 Å². The van der Waals surface area contributed by atoms with E-state index in [4.69, 9.17) is 0 Å². The van der Waals surface area contributed by atoms with Crippen molar-refractivity contribution in [2.24, 2.45) is 0 Å². The molecule has 0 spiro atoms. The fourth-order valence-electron chi connectivity index (χ4n) is 2.53. The molecule has 1 aliphatic rings. The lowest BCUT2D eigenvalue weighted by Crippen LogP contribution is -2.28. The maximum Gasteiger partial charge on any atom is 0.274 e. The number of nitrogens with one attached hydrogen (secondary N) is 1. The molecule has 1 N–H and O–H groups in total. The standard InChI is InChI=1S/C17H18N4O2/c1-12(22)13-4-6-14(7-5-13)18-16-9-8-15(19-20-16)17(23)21-10-2-3-11-21/h4-9H,2-3,10-11H2,1H3,(H,18,20). The van der Waals surface area contributed by atoms with Gasteiger partial charge in [-0.25, -0.2) is 0 Å². The van der Waals surface area contributed by atoms with Gasteiger partial charge >= 0.3 is 0 Å². The van der Waals surface area contributed by atoms with E-state index in [1.165, 1.54) is 6.92 Å². The second-order valence-corrected chi connectivity index (χ2v) is 5.56. The Morgan fingerprint density at radius 3 is 2.26 bits per heavy atom. The van der Waals surface area contributed by atoms with Crippen LogP contribution in [-0.4, -0.2) is 39.9 Å². The van der Waals surface area contributed by atoms with E-state index >= 15 is 0 Å². The van der Waals surface area contributed by atoms with Gasteiger partial charge in [-0.05, 0) is 56.2 Å². The number of ketones is 1. The Balaban J connectivity index is 1.67. The van der Waals surface area contributed by atoms with Gasteiger partial charge in [0.15, 0.2) is 17.3 Å². The van der Waals surface area contributed by atoms with Crippen LogP contribution in [0.1, 0.15) is 40.6 Å². The van der Waals surface area contributed by atoms with Crippen LogP contribution in [0.3, 0.4) is 0 Å². The van der Waals surface area contributed by atoms with Gasteiger partial charge in [-0.2, -0.15) is 0 Å². The number of carbonyl (C=O) groups is 2. The first-order chi connectivity index (χ1) is 11.1. The van der Waals surface area contributed by atoms with E-state index in [-0.39, 0.29) is 11.7 Å². The molecule has 3 rings (SSSR count). The average molecular weight is 310 g/mol. The van der Waals surface area contributed by atoms with Crippen LogP contribution in [0.2, 0.25) is 0 Å². The monoisotopic (exact) mass is 310 g/mol. The summed E-state index contributed by atoms with van der Waals surface area (Å²) in [6, 6.07) is 10.5. The molecule has 1 amide bonds. The summed E-state index contributed by atoms with van der Waals surface area (Å²) in [7, 11) is 0. The maximum absolute atomic E-state index is 12.2. The molecule has 0 atom stereocenters. The third kappa shape index (κ3) is 3.53. The van der Waals surface area contributed by atoms with E-state index in [0.717, 1.165) is 31.6 Å². The number of carbonyl (C=O) groups excluding carboxylic acids is 2. The lowest BCUT2D eigenvalue weighted by atomic mass is 10.1. The Morgan fingerprint density at radius 1 is 1.00 bits per heavy atom. The summed E-state index contributed by atoms with van der Waals surface area (Å²) < 4.78 is 0. The van der Waals surface area contributed by atoms with Crippen molar-refractivity contribution in [2.75, 3.05) is 18.4 Å². The van der Waals surface area contributed by atoms with Crippen LogP contribution in [0.25, 0.3) is 0 Å². The molecule has 23 heavy (non-hydrogen) atoms. The zero-order chi connectivity index (χ0) is 16.2. The number of anilines is 2. The normalized spacial score (nSPS) is 13.9. The zero-order valence-corrected chi connectivity index (χ0v) is 13.0. The van der Waals surface area contributed by atoms with Gasteiger partial charge in [0, 0.05) is 24.3 Å². The van der Waals surface area contributed by atoms with Crippen molar-refractivity contribution >= 4 is 23.2 Å². The van der Waals surface area contributed by atoms with Crippen LogP contribution < -0.4 is 5.32 Å². The molecular weight excluding hydrogens is 292 g/mol. The molecule has 0 aliphatic carbocycles. The van der Waals surface area contributed by atoms with E-state index < -0.39 is 0 Å². The second kappa shape index (κ2) is 6.56. The van der Waals surface area contributed by atoms with Gasteiger partial charge < -0.3 is 10.2 Å². The number of Topliss-reactive ketones (excluding diaryl/α,β-unsaturated/α-hetero) is 1. The highest BCUT2D eigenvalue weighted by molar-refractivity contribution is 5.94. The van der Waals surface area contributed by atoms with E-state index in [0.29, 0.717) is 17.1 Å². The fourth-order valence-corrected chi connectivity index (χ4v) is 2.53. The first kappa shape index (κ1) is 15.1. The summed E-state index contributed by atoms with van der Waals surface area (Å²) in [6.45, 7) is 3.12. The summed E-state index contributed by atoms with van der Waals surface area (Å²) in [5, 5.41) is 11.2. The molecule has 1 aromatic heterocycles. The first-order valence-electron chi connectivity index (χ1n) is 7.64. The Kier molecular flexibility index (Phi) is 4.32. The molecule has 2 aromatic rings. The molecule has 0 unspecified atom stereocenters. The van der Waals surface area contributed by atoms with Gasteiger partial charge in [-0.15, -0.1) is 10.2 Å². The van der Waals surface area contributed by atoms with Crippen LogP contribution in [0.4, 0.5) is 11.5 Å². The first-order valence-corrected chi connectivity index (χ1v) is 7.64. The van der Waals surface area contributed by atoms with E-state index in [2.05, 4.69) is 15.5 Å². The van der Waals surface area contributed by atoms with Gasteiger partial charge in [-0.1, -0.05) is 0 Å². The molecule has 1 aromatic carbocycles. The number of hydrogen-bond donors (Lipinski definition) is 1. The number of amides is 1. The summed E-state index contributed by atoms with van der Waals surface area (Å²) in [6.07, 6.45) is 2.10. The molecule has 2 heterocycles. The van der Waals surface area contributed by atoms with Crippen LogP contribution in [0.5, 0.6) is 0 Å². The third-order valence-corrected chi connectivity index (χ3v) is 3.84. The largest absolute Gasteiger partial charge is 0.339 e. The van der Waals surface area contributed by atoms with Crippen molar-refractivity contribution in [1.82, 2.24) is 15.1 Å². The van der Waals surface area contributed by atoms with Gasteiger partial charge in [0.1, 0.15) is 0 Å². The number of hydrogen-bond acceptors (Lipinski definition) is 5. The molecule has 0 radical (unpaired) electrons. The highest BCUT2D eigenvalue weighted by Crippen LogP contribution is 2.16. The molecule has 0 saturated carbocycles. The molecule has 1 aliphatic heterocycles. The number of rotatable bonds is 4. The predicted molar refractivity (Wildman–Crippen MR) is 86.9 cm³/mol. The smallest absolute Gasteiger partial charge is 0.274 e. The van der Waals surface area contributed by atoms with Crippen molar-refractivity contribution in [3.8, 4) is 0 Å². The fraction of sp³-hybridized carbons (Fsp3) is 0.294. The van der Waals surface area contributed by atoms with Crippen LogP contribution in [-0.2, 0) is 0 Å². The SMILES string of the molecule is CC(=O)c1ccc(Nc2ccc(C(=O)N3CCCC3)nn2)cc1. The second-order valence-electron chi connectivity index (χ2n) is 5.56. The Hall–Kier alpha value is -2.76. The minimum atomic E-state index is -0.0626. The third-order valence-electron chi connectivity index (χ3n) is 3.84. The highest BCUT2D eigenvalue weighted by Gasteiger charge is 2.20. The van der Waals surface area contributed by atoms with Crippen LogP contribution in [0, 0.1) is 0 Å². The summed E-state index contributed by atoms with van der Waals surface area (Å²) in [5.41, 5.74) is 1.83. The predicted octanol–water partition coefficient (Wildman–Crippen LogP) is 2.66. The molecule has 0 bridgehead atoms. The van der Waals surface area contributed by atoms with Crippen molar-refractivity contribution in [1.29, 1.82) is 0 Å². The average Bonchev–Trinajstić information content (AvgIpc) is 3.10. The molecule has 1 saturated heterocycles. The van der Waals surface area contributed by atoms with Crippen molar-refractivity contribution in [3.63, 3.8) is 0 Å². The minimum Gasteiger partial charge on any atom is -0.339 e. The Bertz CT molecular complexity index is 704. The topological polar surface area (TPSA) is 75.2 Å². The van der Waals surface area contributed by atoms with Crippen LogP contribution >= 0.6 is 0 Å². The molecule has 6 heteroatoms. The van der Waals surface area contributed by atoms with Crippen molar-refractivity contribution in [2.45, 2.75) is 19.8 Å². The van der Waals surface area contributed by atoms with Crippen LogP contribution in [0.15, 0.2) is 36.4 Å². The lowest BCUT2D eigenvalue weighted by molar-refractivity contribution is 0.0785. The summed E-state index contributed by atoms with van der Waals surface area (Å²) in [5.74, 6) is 0.520. The zero-order valence-electron chi connectivity index (χ0n) is 13.0. The molecule has 1 fully saturated rings. The van der Waals surface area contributed by atoms with Gasteiger partial charge in [0.2, 0.25) is 0 Å². The van der Waals surface area contributed by atoms with Gasteiger partial charge in [0.05, 0.1) is 0 Å². The lowest BCUT2D eigenvalue weighted by Gasteiger charge is -2.14. The highest BCUT2D eigenvalue weighted by atomic mass is 16.2. The van der Waals surface area contributed by atoms with Gasteiger partial charge in [-0.3, -0.25) is 9.59 Å². The van der Waals surface area contributed by atoms with Crippen molar-refractivity contribution in [3.05, 3.63) is 47.7 Å². The Morgan fingerprint density at radius 2 is 1.70 bits per heavy atom. The molecular formula is C17H18N4O2. The maximum atomic E-state index is 12.2. The van der Waals surface area contributed by atoms with E-state index in [9.17, 15) is 9.59 Å². The summed E-state index contributed by atoms with van der Waals surface area (Å²) >= 11 is 0. The number of aromatic nitrogens is 2. The number of likely N-dealkylation sites (tertiary alicyclic amines) is 1. The molecule has 118 valence electrons. The van der Waals surface area contributed by atoms with Gasteiger partial charge in [0.25, 0.3) is 5.91 Å². The number of nitrogens with zero attached hydrogens (tertiary/aromatic N) is 3.